The predicted octanol–water partition coefficient (Wildman–Crippen LogP) is 4.93. The van der Waals surface area contributed by atoms with Crippen LogP contribution < -0.4 is 16.0 Å². The Labute approximate surface area is 310 Å². The maximum atomic E-state index is 13.4. The molecule has 5 aromatic carbocycles. The summed E-state index contributed by atoms with van der Waals surface area (Å²) in [6, 6.07) is 23.8. The number of hydrogen-bond acceptors (Lipinski definition) is 13. The Kier molecular flexibility index (Phi) is 10.5. The van der Waals surface area contributed by atoms with Gasteiger partial charge >= 0.3 is 29.2 Å². The van der Waals surface area contributed by atoms with Gasteiger partial charge in [0.05, 0.1) is 23.9 Å². The first-order valence-electron chi connectivity index (χ1n) is 16.2. The molecular weight excluding hydrogens is 805 g/mol. The molecule has 0 saturated carbocycles. The predicted molar refractivity (Wildman–Crippen MR) is 197 cm³/mol. The number of aromatic nitrogens is 2. The first kappa shape index (κ1) is 39.2. The topological polar surface area (TPSA) is 256 Å². The second kappa shape index (κ2) is 14.8. The summed E-state index contributed by atoms with van der Waals surface area (Å²) < 4.78 is 95.9. The summed E-state index contributed by atoms with van der Waals surface area (Å²) >= 11 is 0. The van der Waals surface area contributed by atoms with Gasteiger partial charge in [-0.1, -0.05) is 66.7 Å². The van der Waals surface area contributed by atoms with Crippen molar-refractivity contribution in [3.8, 4) is 5.75 Å². The Balaban J connectivity index is 1.02. The van der Waals surface area contributed by atoms with Crippen molar-refractivity contribution in [2.45, 2.75) is 30.3 Å². The van der Waals surface area contributed by atoms with Gasteiger partial charge in [-0.05, 0) is 52.1 Å². The van der Waals surface area contributed by atoms with Crippen molar-refractivity contribution in [3.05, 3.63) is 118 Å². The molecule has 1 aromatic heterocycles. The molecule has 22 heteroatoms. The monoisotopic (exact) mass is 836 g/mol. The molecule has 0 bridgehead atoms. The highest BCUT2D eigenvalue weighted by Crippen LogP contribution is 2.68. The number of aromatic amines is 1. The van der Waals surface area contributed by atoms with Crippen LogP contribution >= 0.6 is 23.5 Å². The second-order valence-corrected chi connectivity index (χ2v) is 19.0. The number of nitrogens with one attached hydrogen (secondary N) is 1. The molecule has 18 nitrogen and oxygen atoms in total. The number of para-hydroxylation sites is 1. The minimum absolute atomic E-state index is 0.0849. The molecule has 1 aliphatic rings. The average Bonchev–Trinajstić information content (AvgIpc) is 3.48. The molecule has 0 amide bonds. The van der Waals surface area contributed by atoms with Crippen LogP contribution in [-0.2, 0) is 45.9 Å². The van der Waals surface area contributed by atoms with Crippen LogP contribution in [0.4, 0.5) is 0 Å². The maximum absolute atomic E-state index is 13.4. The number of nitrogens with zero attached hydrogens (tertiary/aromatic N) is 1. The molecule has 0 spiro atoms. The number of ether oxygens (including phenoxy) is 2. The lowest BCUT2D eigenvalue weighted by molar-refractivity contribution is -0.00812. The molecule has 4 unspecified atom stereocenters. The van der Waals surface area contributed by atoms with E-state index in [1.54, 1.807) is 36.4 Å². The van der Waals surface area contributed by atoms with Crippen molar-refractivity contribution in [1.82, 2.24) is 9.55 Å². The summed E-state index contributed by atoms with van der Waals surface area (Å²) in [6.07, 6.45) is -3.22. The minimum Gasteiger partial charge on any atom is -0.483 e. The second-order valence-electron chi connectivity index (χ2n) is 12.4. The lowest BCUT2D eigenvalue weighted by Gasteiger charge is -2.26. The normalized spacial score (nSPS) is 21.1. The molecule has 55 heavy (non-hydrogen) atoms. The van der Waals surface area contributed by atoms with Gasteiger partial charge in [0, 0.05) is 17.1 Å². The number of H-pyrrole nitrogens is 1. The summed E-state index contributed by atoms with van der Waals surface area (Å²) in [6.45, 7) is -0.149. The van der Waals surface area contributed by atoms with Gasteiger partial charge in [0.2, 0.25) is 0 Å². The number of phosphoric acid groups is 3. The van der Waals surface area contributed by atoms with Crippen molar-refractivity contribution in [2.75, 3.05) is 19.0 Å². The number of sulfone groups is 1. The molecular formula is C33H31N2O16P3S. The molecule has 6 aromatic rings. The highest BCUT2D eigenvalue weighted by Gasteiger charge is 2.49. The molecule has 1 saturated heterocycles. The number of hydrogen-bond donors (Lipinski definition) is 4. The van der Waals surface area contributed by atoms with Gasteiger partial charge in [-0.3, -0.25) is 23.4 Å². The van der Waals surface area contributed by atoms with Gasteiger partial charge < -0.3 is 24.2 Å². The van der Waals surface area contributed by atoms with Crippen LogP contribution in [-0.4, -0.2) is 63.8 Å². The van der Waals surface area contributed by atoms with Crippen LogP contribution in [0.1, 0.15) is 11.8 Å². The lowest BCUT2D eigenvalue weighted by atomic mass is 9.94. The van der Waals surface area contributed by atoms with Crippen molar-refractivity contribution < 1.29 is 63.9 Å². The lowest BCUT2D eigenvalue weighted by Crippen LogP contribution is -2.41. The zero-order chi connectivity index (χ0) is 39.3. The Morgan fingerprint density at radius 2 is 1.45 bits per heavy atom. The molecule has 0 aliphatic carbocycles. The number of rotatable bonds is 14. The zero-order valence-electron chi connectivity index (χ0n) is 28.4. The van der Waals surface area contributed by atoms with Crippen molar-refractivity contribution >= 4 is 65.6 Å². The highest BCUT2D eigenvalue weighted by molar-refractivity contribution is 7.91. The van der Waals surface area contributed by atoms with Gasteiger partial charge in [-0.25, -0.2) is 26.9 Å². The Morgan fingerprint density at radius 3 is 2.16 bits per heavy atom. The first-order valence-corrected chi connectivity index (χ1v) is 22.3. The zero-order valence-corrected chi connectivity index (χ0v) is 31.9. The molecule has 0 radical (unpaired) electrons. The van der Waals surface area contributed by atoms with E-state index in [1.807, 2.05) is 30.3 Å². The largest absolute Gasteiger partial charge is 0.490 e. The van der Waals surface area contributed by atoms with Crippen LogP contribution in [0.3, 0.4) is 0 Å². The fraction of sp³-hybridized carbons (Fsp3) is 0.212. The molecule has 4 N–H and O–H groups in total. The third-order valence-corrected chi connectivity index (χ3v) is 14.7. The standard InChI is InChI=1S/C33H31N2O16P3S/c1-20-18-35(33(37)34-31(20)36)32-30(48-24-8-3-2-4-9-24)26(19-46-32)49-53(40,41)51-54(42,43)50-52(38,39)47-16-17-55(44,45)27-15-13-23-11-10-21-6-5-7-22-12-14-25(27)29(23)28(21)22/h2-15,18,26,30,32H,16-17,19H2,1H3,(H,38,39)(H,40,41)(H,42,43)(H,34,36,37)/t26-,30?,32+/m0/s1. The fourth-order valence-corrected chi connectivity index (χ4v) is 11.4. The summed E-state index contributed by atoms with van der Waals surface area (Å²) in [5, 5.41) is 4.58. The van der Waals surface area contributed by atoms with Gasteiger partial charge in [0.1, 0.15) is 11.9 Å². The molecule has 7 rings (SSSR count). The van der Waals surface area contributed by atoms with E-state index in [0.717, 1.165) is 32.3 Å². The van der Waals surface area contributed by atoms with E-state index < -0.39 is 82.0 Å². The van der Waals surface area contributed by atoms with Gasteiger partial charge in [0.25, 0.3) is 5.56 Å². The Hall–Kier alpha value is -4.06. The van der Waals surface area contributed by atoms with Crippen molar-refractivity contribution in [3.63, 3.8) is 0 Å². The van der Waals surface area contributed by atoms with Crippen LogP contribution in [0.5, 0.6) is 5.75 Å². The smallest absolute Gasteiger partial charge is 0.483 e. The number of phosphoric ester groups is 2. The van der Waals surface area contributed by atoms with E-state index in [0.29, 0.717) is 10.8 Å². The molecule has 1 fully saturated rings. The quantitative estimate of drug-likeness (QED) is 0.0838. The third-order valence-electron chi connectivity index (χ3n) is 8.63. The summed E-state index contributed by atoms with van der Waals surface area (Å²) in [5.74, 6) is -0.678. The summed E-state index contributed by atoms with van der Waals surface area (Å²) in [7, 11) is -21.5. The first-order chi connectivity index (χ1) is 25.9. The highest BCUT2D eigenvalue weighted by atomic mass is 32.2. The molecule has 1 aliphatic heterocycles. The molecule has 2 heterocycles. The van der Waals surface area contributed by atoms with Gasteiger partial charge in [-0.2, -0.15) is 8.62 Å². The van der Waals surface area contributed by atoms with Gasteiger partial charge in [0.15, 0.2) is 22.2 Å². The Bertz CT molecular complexity index is 2780. The van der Waals surface area contributed by atoms with E-state index in [-0.39, 0.29) is 16.2 Å². The fourth-order valence-electron chi connectivity index (χ4n) is 6.30. The van der Waals surface area contributed by atoms with E-state index in [4.69, 9.17) is 14.0 Å². The minimum atomic E-state index is -5.98. The van der Waals surface area contributed by atoms with E-state index in [2.05, 4.69) is 18.1 Å². The van der Waals surface area contributed by atoms with Crippen LogP contribution in [0.15, 0.2) is 106 Å². The number of benzene rings is 5. The van der Waals surface area contributed by atoms with E-state index in [9.17, 15) is 46.4 Å². The third kappa shape index (κ3) is 8.39. The number of aryl methyl sites for hydroxylation is 1. The summed E-state index contributed by atoms with van der Waals surface area (Å²) in [4.78, 5) is 57.4. The van der Waals surface area contributed by atoms with Crippen molar-refractivity contribution in [1.29, 1.82) is 0 Å². The van der Waals surface area contributed by atoms with E-state index in [1.165, 1.54) is 25.1 Å². The summed E-state index contributed by atoms with van der Waals surface area (Å²) in [5.41, 5.74) is -1.47. The average molecular weight is 837 g/mol. The van der Waals surface area contributed by atoms with Gasteiger partial charge in [-0.15, -0.1) is 0 Å². The molecule has 6 atom stereocenters. The maximum Gasteiger partial charge on any atom is 0.490 e. The Morgan fingerprint density at radius 1 is 0.818 bits per heavy atom. The van der Waals surface area contributed by atoms with Crippen LogP contribution in [0, 0.1) is 6.92 Å². The van der Waals surface area contributed by atoms with Crippen LogP contribution in [0.25, 0.3) is 32.3 Å². The van der Waals surface area contributed by atoms with Crippen LogP contribution in [0.2, 0.25) is 0 Å². The van der Waals surface area contributed by atoms with E-state index >= 15 is 0 Å². The molecule has 290 valence electrons. The van der Waals surface area contributed by atoms with Crippen molar-refractivity contribution in [2.24, 2.45) is 0 Å². The SMILES string of the molecule is Cc1cn([C@@H]2OC[C@H](OP(=O)(O)OP(=O)(O)OP(=O)(O)OCCS(=O)(=O)c3ccc4ccc5cccc6ccc3c4c56)C2Oc2ccccc2)c(=O)[nH]c1=O.